The number of aryl methyl sites for hydroxylation is 1. The Morgan fingerprint density at radius 2 is 1.88 bits per heavy atom. The number of nitrogens with two attached hydrogens (primary N) is 1. The van der Waals surface area contributed by atoms with E-state index in [1.54, 1.807) is 11.8 Å². The molecule has 2 nitrogen and oxygen atoms in total. The first-order valence-electron chi connectivity index (χ1n) is 5.14. The molecule has 0 atom stereocenters. The number of rotatable bonds is 3. The van der Waals surface area contributed by atoms with Gasteiger partial charge in [-0.2, -0.15) is 0 Å². The highest BCUT2D eigenvalue weighted by Gasteiger charge is 1.96. The van der Waals surface area contributed by atoms with Gasteiger partial charge >= 0.3 is 0 Å². The van der Waals surface area contributed by atoms with Crippen molar-refractivity contribution in [2.45, 2.75) is 17.6 Å². The monoisotopic (exact) mass is 230 g/mol. The van der Waals surface area contributed by atoms with Gasteiger partial charge < -0.3 is 5.73 Å². The number of benzene rings is 1. The number of anilines is 1. The van der Waals surface area contributed by atoms with E-state index in [0.29, 0.717) is 0 Å². The van der Waals surface area contributed by atoms with Crippen molar-refractivity contribution in [3.05, 3.63) is 53.9 Å². The van der Waals surface area contributed by atoms with E-state index in [0.717, 1.165) is 17.1 Å². The predicted molar refractivity (Wildman–Crippen MR) is 69.4 cm³/mol. The molecule has 82 valence electrons. The lowest BCUT2D eigenvalue weighted by atomic mass is 10.3. The fourth-order valence-electron chi connectivity index (χ4n) is 1.31. The van der Waals surface area contributed by atoms with Crippen LogP contribution in [0.25, 0.3) is 0 Å². The number of hydrogen-bond donors (Lipinski definition) is 1. The fourth-order valence-corrected chi connectivity index (χ4v) is 2.15. The molecule has 0 saturated heterocycles. The Morgan fingerprint density at radius 3 is 2.50 bits per heavy atom. The van der Waals surface area contributed by atoms with Crippen LogP contribution in [0.4, 0.5) is 5.69 Å². The smallest absolute Gasteiger partial charge is 0.0372 e. The molecular weight excluding hydrogens is 216 g/mol. The van der Waals surface area contributed by atoms with Crippen molar-refractivity contribution in [1.29, 1.82) is 0 Å². The second-order valence-electron chi connectivity index (χ2n) is 3.67. The predicted octanol–water partition coefficient (Wildman–Crippen LogP) is 3.26. The molecule has 0 radical (unpaired) electrons. The van der Waals surface area contributed by atoms with Crippen molar-refractivity contribution >= 4 is 17.4 Å². The summed E-state index contributed by atoms with van der Waals surface area (Å²) in [4.78, 5) is 5.50. The van der Waals surface area contributed by atoms with Crippen molar-refractivity contribution in [3.63, 3.8) is 0 Å². The normalized spacial score (nSPS) is 10.3. The number of pyridine rings is 1. The van der Waals surface area contributed by atoms with Gasteiger partial charge in [-0.05, 0) is 42.8 Å². The highest BCUT2D eigenvalue weighted by Crippen LogP contribution is 2.23. The molecule has 16 heavy (non-hydrogen) atoms. The number of hydrogen-bond acceptors (Lipinski definition) is 3. The Bertz CT molecular complexity index is 403. The molecule has 0 unspecified atom stereocenters. The van der Waals surface area contributed by atoms with Crippen LogP contribution in [-0.4, -0.2) is 4.98 Å². The molecule has 0 saturated carbocycles. The molecular formula is C13H14N2S. The quantitative estimate of drug-likeness (QED) is 0.649. The Hall–Kier alpha value is -1.48. The van der Waals surface area contributed by atoms with Gasteiger partial charge in [0.25, 0.3) is 0 Å². The van der Waals surface area contributed by atoms with Crippen LogP contribution in [0.2, 0.25) is 0 Å². The first-order valence-corrected chi connectivity index (χ1v) is 6.12. The maximum Gasteiger partial charge on any atom is 0.0372 e. The van der Waals surface area contributed by atoms with Crippen molar-refractivity contribution in [2.24, 2.45) is 0 Å². The maximum absolute atomic E-state index is 5.63. The molecule has 2 rings (SSSR count). The lowest BCUT2D eigenvalue weighted by Gasteiger charge is -2.02. The van der Waals surface area contributed by atoms with Gasteiger partial charge in [0.05, 0.1) is 0 Å². The number of thioether (sulfide) groups is 1. The van der Waals surface area contributed by atoms with Gasteiger partial charge in [-0.15, -0.1) is 11.8 Å². The van der Waals surface area contributed by atoms with Gasteiger partial charge in [0.2, 0.25) is 0 Å². The highest BCUT2D eigenvalue weighted by atomic mass is 32.2. The van der Waals surface area contributed by atoms with E-state index in [9.17, 15) is 0 Å². The first kappa shape index (κ1) is 11.0. The molecule has 0 spiro atoms. The van der Waals surface area contributed by atoms with Crippen molar-refractivity contribution in [3.8, 4) is 0 Å². The molecule has 1 heterocycles. The summed E-state index contributed by atoms with van der Waals surface area (Å²) < 4.78 is 0. The number of nitrogens with zero attached hydrogens (tertiary/aromatic N) is 1. The molecule has 3 heteroatoms. The summed E-state index contributed by atoms with van der Waals surface area (Å²) >= 11 is 1.79. The van der Waals surface area contributed by atoms with Crippen LogP contribution in [0.5, 0.6) is 0 Å². The molecule has 1 aromatic heterocycles. The molecule has 0 aliphatic rings. The third-order valence-electron chi connectivity index (χ3n) is 2.26. The van der Waals surface area contributed by atoms with Gasteiger partial charge in [0.15, 0.2) is 0 Å². The van der Waals surface area contributed by atoms with E-state index < -0.39 is 0 Å². The Kier molecular flexibility index (Phi) is 3.47. The Balaban J connectivity index is 1.97. The lowest BCUT2D eigenvalue weighted by Crippen LogP contribution is -1.86. The molecule has 0 aliphatic carbocycles. The fraction of sp³-hybridized carbons (Fsp3) is 0.154. The zero-order valence-electron chi connectivity index (χ0n) is 9.18. The molecule has 2 aromatic rings. The van der Waals surface area contributed by atoms with Crippen molar-refractivity contribution in [1.82, 2.24) is 4.98 Å². The largest absolute Gasteiger partial charge is 0.399 e. The van der Waals surface area contributed by atoms with E-state index in [4.69, 9.17) is 5.73 Å². The Morgan fingerprint density at radius 1 is 1.12 bits per heavy atom. The Labute approximate surface area is 99.9 Å². The molecule has 0 fully saturated rings. The standard InChI is InChI=1S/C13H14N2S/c1-10-2-3-11(8-15-10)9-16-13-6-4-12(14)5-7-13/h2-8H,9,14H2,1H3. The molecule has 2 N–H and O–H groups in total. The van der Waals surface area contributed by atoms with Crippen LogP contribution in [0.15, 0.2) is 47.5 Å². The summed E-state index contributed by atoms with van der Waals surface area (Å²) in [7, 11) is 0. The summed E-state index contributed by atoms with van der Waals surface area (Å²) in [5.74, 6) is 0.942. The highest BCUT2D eigenvalue weighted by molar-refractivity contribution is 7.98. The second kappa shape index (κ2) is 5.03. The van der Waals surface area contributed by atoms with Crippen LogP contribution in [-0.2, 0) is 5.75 Å². The molecule has 0 bridgehead atoms. The van der Waals surface area contributed by atoms with Gasteiger partial charge in [0.1, 0.15) is 0 Å². The maximum atomic E-state index is 5.63. The van der Waals surface area contributed by atoms with Crippen molar-refractivity contribution in [2.75, 3.05) is 5.73 Å². The van der Waals surface area contributed by atoms with Gasteiger partial charge in [-0.3, -0.25) is 4.98 Å². The van der Waals surface area contributed by atoms with Gasteiger partial charge in [0, 0.05) is 28.2 Å². The van der Waals surface area contributed by atoms with Crippen LogP contribution < -0.4 is 5.73 Å². The summed E-state index contributed by atoms with van der Waals surface area (Å²) in [5, 5.41) is 0. The summed E-state index contributed by atoms with van der Waals surface area (Å²) in [6, 6.07) is 12.1. The van der Waals surface area contributed by atoms with E-state index in [2.05, 4.69) is 11.1 Å². The lowest BCUT2D eigenvalue weighted by molar-refractivity contribution is 1.16. The minimum absolute atomic E-state index is 0.807. The van der Waals surface area contributed by atoms with E-state index in [1.807, 2.05) is 43.5 Å². The van der Waals surface area contributed by atoms with Crippen LogP contribution in [0.3, 0.4) is 0 Å². The zero-order valence-corrected chi connectivity index (χ0v) is 10.00. The first-order chi connectivity index (χ1) is 7.74. The molecule has 1 aromatic carbocycles. The average Bonchev–Trinajstić information content (AvgIpc) is 2.30. The van der Waals surface area contributed by atoms with E-state index in [-0.39, 0.29) is 0 Å². The van der Waals surface area contributed by atoms with E-state index in [1.165, 1.54) is 10.5 Å². The zero-order chi connectivity index (χ0) is 11.4. The SMILES string of the molecule is Cc1ccc(CSc2ccc(N)cc2)cn1. The number of nitrogen functional groups attached to an aromatic ring is 1. The van der Waals surface area contributed by atoms with E-state index >= 15 is 0 Å². The third-order valence-corrected chi connectivity index (χ3v) is 3.34. The molecule has 0 aliphatic heterocycles. The van der Waals surface area contributed by atoms with Gasteiger partial charge in [-0.1, -0.05) is 6.07 Å². The van der Waals surface area contributed by atoms with Crippen molar-refractivity contribution < 1.29 is 0 Å². The van der Waals surface area contributed by atoms with Gasteiger partial charge in [-0.25, -0.2) is 0 Å². The second-order valence-corrected chi connectivity index (χ2v) is 4.71. The average molecular weight is 230 g/mol. The van der Waals surface area contributed by atoms with Crippen LogP contribution in [0.1, 0.15) is 11.3 Å². The minimum atomic E-state index is 0.807. The summed E-state index contributed by atoms with van der Waals surface area (Å²) in [5.41, 5.74) is 8.74. The summed E-state index contributed by atoms with van der Waals surface area (Å²) in [6.45, 7) is 2.00. The number of aromatic nitrogens is 1. The van der Waals surface area contributed by atoms with Crippen LogP contribution in [0, 0.1) is 6.92 Å². The molecule has 0 amide bonds. The summed E-state index contributed by atoms with van der Waals surface area (Å²) in [6.07, 6.45) is 1.93. The third kappa shape index (κ3) is 3.00. The topological polar surface area (TPSA) is 38.9 Å². The van der Waals surface area contributed by atoms with Crippen LogP contribution >= 0.6 is 11.8 Å². The minimum Gasteiger partial charge on any atom is -0.399 e.